The van der Waals surface area contributed by atoms with Gasteiger partial charge in [0.05, 0.1) is 16.9 Å². The normalized spacial score (nSPS) is 11.4. The molecule has 1 rings (SSSR count). The molecule has 0 unspecified atom stereocenters. The lowest BCUT2D eigenvalue weighted by Gasteiger charge is -2.37. The van der Waals surface area contributed by atoms with Crippen LogP contribution in [0.3, 0.4) is 0 Å². The highest BCUT2D eigenvalue weighted by atomic mass is 19.1. The second-order valence-electron chi connectivity index (χ2n) is 4.92. The summed E-state index contributed by atoms with van der Waals surface area (Å²) in [6.07, 6.45) is 0.852. The van der Waals surface area contributed by atoms with Crippen LogP contribution in [0, 0.1) is 5.82 Å². The van der Waals surface area contributed by atoms with Gasteiger partial charge in [-0.25, -0.2) is 9.18 Å². The van der Waals surface area contributed by atoms with Gasteiger partial charge in [-0.1, -0.05) is 6.92 Å². The molecule has 0 saturated carbocycles. The zero-order valence-corrected chi connectivity index (χ0v) is 11.1. The molecule has 0 saturated heterocycles. The Kier molecular flexibility index (Phi) is 3.84. The van der Waals surface area contributed by atoms with Crippen molar-refractivity contribution in [1.82, 2.24) is 0 Å². The zero-order valence-electron chi connectivity index (χ0n) is 11.1. The summed E-state index contributed by atoms with van der Waals surface area (Å²) in [5.74, 6) is -2.09. The van der Waals surface area contributed by atoms with Gasteiger partial charge in [-0.05, 0) is 26.3 Å². The fourth-order valence-corrected chi connectivity index (χ4v) is 1.60. The molecule has 1 aromatic rings. The lowest BCUT2D eigenvalue weighted by molar-refractivity contribution is 0.0692. The number of nitrogens with zero attached hydrogens (tertiary/aromatic N) is 1. The van der Waals surface area contributed by atoms with E-state index in [4.69, 9.17) is 10.8 Å². The van der Waals surface area contributed by atoms with Crippen molar-refractivity contribution in [3.8, 4) is 0 Å². The van der Waals surface area contributed by atoms with Gasteiger partial charge in [-0.3, -0.25) is 0 Å². The van der Waals surface area contributed by atoms with Gasteiger partial charge in [0.15, 0.2) is 0 Å². The lowest BCUT2D eigenvalue weighted by atomic mass is 9.98. The summed E-state index contributed by atoms with van der Waals surface area (Å²) in [4.78, 5) is 12.7. The van der Waals surface area contributed by atoms with Crippen molar-refractivity contribution in [2.45, 2.75) is 32.7 Å². The summed E-state index contributed by atoms with van der Waals surface area (Å²) < 4.78 is 13.7. The van der Waals surface area contributed by atoms with Gasteiger partial charge in [0.2, 0.25) is 0 Å². The minimum absolute atomic E-state index is 0.189. The van der Waals surface area contributed by atoms with Crippen LogP contribution < -0.4 is 10.6 Å². The molecule has 5 heteroatoms. The number of carboxylic acid groups (broad SMARTS) is 1. The number of nitrogen functional groups attached to an aromatic ring is 1. The number of benzene rings is 1. The fourth-order valence-electron chi connectivity index (χ4n) is 1.60. The Morgan fingerprint density at radius 1 is 1.50 bits per heavy atom. The van der Waals surface area contributed by atoms with Crippen molar-refractivity contribution in [2.24, 2.45) is 0 Å². The van der Waals surface area contributed by atoms with E-state index in [-0.39, 0.29) is 11.2 Å². The summed E-state index contributed by atoms with van der Waals surface area (Å²) >= 11 is 0. The number of anilines is 2. The van der Waals surface area contributed by atoms with Gasteiger partial charge >= 0.3 is 5.97 Å². The summed E-state index contributed by atoms with van der Waals surface area (Å²) in [7, 11) is 1.81. The molecule has 18 heavy (non-hydrogen) atoms. The van der Waals surface area contributed by atoms with E-state index in [2.05, 4.69) is 0 Å². The molecule has 0 aromatic heterocycles. The highest BCUT2D eigenvalue weighted by Gasteiger charge is 2.24. The van der Waals surface area contributed by atoms with Crippen LogP contribution in [0.25, 0.3) is 0 Å². The Hall–Kier alpha value is -1.78. The van der Waals surface area contributed by atoms with Crippen molar-refractivity contribution in [3.63, 3.8) is 0 Å². The van der Waals surface area contributed by atoms with E-state index in [1.165, 1.54) is 6.07 Å². The van der Waals surface area contributed by atoms with Crippen LogP contribution in [-0.2, 0) is 0 Å². The number of rotatable bonds is 4. The average Bonchev–Trinajstić information content (AvgIpc) is 2.30. The molecule has 100 valence electrons. The van der Waals surface area contributed by atoms with Crippen molar-refractivity contribution in [1.29, 1.82) is 0 Å². The van der Waals surface area contributed by atoms with Gasteiger partial charge in [-0.15, -0.1) is 0 Å². The molecule has 0 bridgehead atoms. The predicted octanol–water partition coefficient (Wildman–Crippen LogP) is 2.73. The smallest absolute Gasteiger partial charge is 0.338 e. The topological polar surface area (TPSA) is 66.6 Å². The van der Waals surface area contributed by atoms with Crippen molar-refractivity contribution >= 4 is 17.3 Å². The first-order chi connectivity index (χ1) is 8.20. The number of halogens is 1. The first-order valence-electron chi connectivity index (χ1n) is 5.77. The minimum atomic E-state index is -1.32. The summed E-state index contributed by atoms with van der Waals surface area (Å²) in [6.45, 7) is 6.04. The first kappa shape index (κ1) is 14.3. The van der Waals surface area contributed by atoms with Crippen molar-refractivity contribution < 1.29 is 14.3 Å². The highest BCUT2D eigenvalue weighted by molar-refractivity contribution is 5.91. The van der Waals surface area contributed by atoms with Crippen LogP contribution in [0.5, 0.6) is 0 Å². The Balaban J connectivity index is 3.28. The average molecular weight is 254 g/mol. The molecular formula is C13H19FN2O2. The van der Waals surface area contributed by atoms with Gasteiger partial charge in [0, 0.05) is 18.7 Å². The van der Waals surface area contributed by atoms with Crippen molar-refractivity contribution in [3.05, 3.63) is 23.5 Å². The van der Waals surface area contributed by atoms with E-state index >= 15 is 0 Å². The lowest BCUT2D eigenvalue weighted by Crippen LogP contribution is -2.41. The van der Waals surface area contributed by atoms with Crippen LogP contribution in [0.4, 0.5) is 15.8 Å². The maximum atomic E-state index is 13.7. The molecular weight excluding hydrogens is 235 g/mol. The van der Waals surface area contributed by atoms with Crippen LogP contribution in [0.15, 0.2) is 12.1 Å². The number of carboxylic acids is 1. The number of carbonyl (C=O) groups is 1. The SMILES string of the molecule is CCC(C)(C)N(C)c1cc(F)c(C(=O)O)cc1N. The molecule has 0 spiro atoms. The number of hydrogen-bond donors (Lipinski definition) is 2. The van der Waals surface area contributed by atoms with E-state index < -0.39 is 17.3 Å². The standard InChI is InChI=1S/C13H19FN2O2/c1-5-13(2,3)16(4)11-7-9(14)8(12(17)18)6-10(11)15/h6-7H,5,15H2,1-4H3,(H,17,18). The van der Waals surface area contributed by atoms with Crippen LogP contribution in [0.1, 0.15) is 37.6 Å². The molecule has 0 aliphatic rings. The maximum Gasteiger partial charge on any atom is 0.338 e. The summed E-state index contributed by atoms with van der Waals surface area (Å²) in [5, 5.41) is 8.82. The van der Waals surface area contributed by atoms with E-state index in [1.807, 2.05) is 32.7 Å². The molecule has 0 fully saturated rings. The van der Waals surface area contributed by atoms with E-state index in [1.54, 1.807) is 0 Å². The Morgan fingerprint density at radius 2 is 2.06 bits per heavy atom. The predicted molar refractivity (Wildman–Crippen MR) is 70.5 cm³/mol. The largest absolute Gasteiger partial charge is 0.478 e. The number of aromatic carboxylic acids is 1. The molecule has 0 aliphatic carbocycles. The Bertz CT molecular complexity index is 472. The number of nitrogens with two attached hydrogens (primary N) is 1. The molecule has 0 atom stereocenters. The monoisotopic (exact) mass is 254 g/mol. The third-order valence-electron chi connectivity index (χ3n) is 3.48. The maximum absolute atomic E-state index is 13.7. The minimum Gasteiger partial charge on any atom is -0.478 e. The Labute approximate surface area is 106 Å². The fraction of sp³-hybridized carbons (Fsp3) is 0.462. The van der Waals surface area contributed by atoms with E-state index in [0.717, 1.165) is 12.5 Å². The zero-order chi connectivity index (χ0) is 14.1. The second kappa shape index (κ2) is 4.84. The molecule has 0 amide bonds. The second-order valence-corrected chi connectivity index (χ2v) is 4.92. The molecule has 4 nitrogen and oxygen atoms in total. The van der Waals surface area contributed by atoms with Gasteiger partial charge in [-0.2, -0.15) is 0 Å². The first-order valence-corrected chi connectivity index (χ1v) is 5.77. The highest BCUT2D eigenvalue weighted by Crippen LogP contribution is 2.31. The molecule has 0 heterocycles. The van der Waals surface area contributed by atoms with Crippen LogP contribution in [0.2, 0.25) is 0 Å². The molecule has 3 N–H and O–H groups in total. The molecule has 1 aromatic carbocycles. The van der Waals surface area contributed by atoms with E-state index in [9.17, 15) is 9.18 Å². The molecule has 0 aliphatic heterocycles. The van der Waals surface area contributed by atoms with Gasteiger partial charge < -0.3 is 15.7 Å². The third kappa shape index (κ3) is 2.55. The summed E-state index contributed by atoms with van der Waals surface area (Å²) in [5.41, 5.74) is 5.98. The van der Waals surface area contributed by atoms with Crippen LogP contribution >= 0.6 is 0 Å². The Morgan fingerprint density at radius 3 is 2.50 bits per heavy atom. The van der Waals surface area contributed by atoms with Crippen molar-refractivity contribution in [2.75, 3.05) is 17.7 Å². The molecule has 0 radical (unpaired) electrons. The third-order valence-corrected chi connectivity index (χ3v) is 3.48. The quantitative estimate of drug-likeness (QED) is 0.811. The van der Waals surface area contributed by atoms with Gasteiger partial charge in [0.25, 0.3) is 0 Å². The van der Waals surface area contributed by atoms with Gasteiger partial charge in [0.1, 0.15) is 5.82 Å². The number of hydrogen-bond acceptors (Lipinski definition) is 3. The van der Waals surface area contributed by atoms with Crippen LogP contribution in [-0.4, -0.2) is 23.7 Å². The summed E-state index contributed by atoms with van der Waals surface area (Å²) in [6, 6.07) is 2.34. The van der Waals surface area contributed by atoms with E-state index in [0.29, 0.717) is 5.69 Å².